The van der Waals surface area contributed by atoms with Crippen LogP contribution in [0.3, 0.4) is 0 Å². The van der Waals surface area contributed by atoms with Gasteiger partial charge in [0.2, 0.25) is 5.91 Å². The number of amides is 2. The van der Waals surface area contributed by atoms with Crippen LogP contribution >= 0.6 is 0 Å². The maximum Gasteiger partial charge on any atom is 0.254 e. The number of benzene rings is 2. The molecule has 2 aliphatic rings. The SMILES string of the molecule is Cc1cccc(CNC(=O)[C@@H](C2CCCC2)N2CCN(C(=O)c3cccc(F)c3)CC2)c1. The molecular formula is C26H32FN3O2. The third-order valence-corrected chi connectivity index (χ3v) is 6.73. The van der Waals surface area contributed by atoms with Crippen LogP contribution in [0.15, 0.2) is 48.5 Å². The summed E-state index contributed by atoms with van der Waals surface area (Å²) in [6.45, 7) is 4.98. The Morgan fingerprint density at radius 2 is 1.75 bits per heavy atom. The van der Waals surface area contributed by atoms with E-state index >= 15 is 0 Å². The lowest BCUT2D eigenvalue weighted by Gasteiger charge is -2.40. The average molecular weight is 438 g/mol. The minimum Gasteiger partial charge on any atom is -0.351 e. The summed E-state index contributed by atoms with van der Waals surface area (Å²) < 4.78 is 13.5. The predicted molar refractivity (Wildman–Crippen MR) is 123 cm³/mol. The summed E-state index contributed by atoms with van der Waals surface area (Å²) >= 11 is 0. The summed E-state index contributed by atoms with van der Waals surface area (Å²) in [6, 6.07) is 13.9. The molecule has 32 heavy (non-hydrogen) atoms. The molecule has 2 aromatic rings. The van der Waals surface area contributed by atoms with E-state index < -0.39 is 5.82 Å². The standard InChI is InChI=1S/C26H32FN3O2/c1-19-6-4-7-20(16-19)18-28-25(31)24(21-8-2-3-9-21)29-12-14-30(15-13-29)26(32)22-10-5-11-23(27)17-22/h4-7,10-11,16-17,21,24H,2-3,8-9,12-15,18H2,1H3,(H,28,31)/t24-/m1/s1. The van der Waals surface area contributed by atoms with Crippen molar-refractivity contribution in [3.63, 3.8) is 0 Å². The first kappa shape index (κ1) is 22.5. The van der Waals surface area contributed by atoms with Crippen LogP contribution in [0.25, 0.3) is 0 Å². The number of rotatable bonds is 6. The van der Waals surface area contributed by atoms with Crippen LogP contribution < -0.4 is 5.32 Å². The topological polar surface area (TPSA) is 52.7 Å². The van der Waals surface area contributed by atoms with E-state index in [1.165, 1.54) is 30.5 Å². The second-order valence-electron chi connectivity index (χ2n) is 9.03. The molecule has 1 heterocycles. The van der Waals surface area contributed by atoms with Crippen molar-refractivity contribution in [2.75, 3.05) is 26.2 Å². The van der Waals surface area contributed by atoms with E-state index in [0.29, 0.717) is 44.2 Å². The molecule has 1 aliphatic carbocycles. The first-order chi connectivity index (χ1) is 15.5. The number of aryl methyl sites for hydroxylation is 1. The van der Waals surface area contributed by atoms with Crippen LogP contribution in [0.4, 0.5) is 4.39 Å². The molecule has 5 nitrogen and oxygen atoms in total. The van der Waals surface area contributed by atoms with Crippen LogP contribution in [0.2, 0.25) is 0 Å². The molecule has 0 aromatic heterocycles. The third kappa shape index (κ3) is 5.36. The maximum atomic E-state index is 13.5. The van der Waals surface area contributed by atoms with Gasteiger partial charge in [0.1, 0.15) is 5.82 Å². The molecule has 170 valence electrons. The fourth-order valence-corrected chi connectivity index (χ4v) is 5.07. The van der Waals surface area contributed by atoms with Crippen molar-refractivity contribution >= 4 is 11.8 Å². The van der Waals surface area contributed by atoms with E-state index in [1.54, 1.807) is 17.0 Å². The molecule has 0 spiro atoms. The van der Waals surface area contributed by atoms with Gasteiger partial charge in [0.25, 0.3) is 5.91 Å². The van der Waals surface area contributed by atoms with Gasteiger partial charge in [0.15, 0.2) is 0 Å². The lowest BCUT2D eigenvalue weighted by atomic mass is 9.94. The Morgan fingerprint density at radius 3 is 2.44 bits per heavy atom. The summed E-state index contributed by atoms with van der Waals surface area (Å²) in [5, 5.41) is 3.16. The highest BCUT2D eigenvalue weighted by Gasteiger charge is 2.37. The first-order valence-corrected chi connectivity index (χ1v) is 11.6. The van der Waals surface area contributed by atoms with Crippen LogP contribution in [0, 0.1) is 18.7 Å². The minimum absolute atomic E-state index is 0.0864. The molecule has 1 N–H and O–H groups in total. The molecule has 1 saturated heterocycles. The maximum absolute atomic E-state index is 13.5. The lowest BCUT2D eigenvalue weighted by Crippen LogP contribution is -2.57. The van der Waals surface area contributed by atoms with Gasteiger partial charge in [-0.15, -0.1) is 0 Å². The molecule has 1 atom stereocenters. The van der Waals surface area contributed by atoms with Gasteiger partial charge in [0.05, 0.1) is 6.04 Å². The normalized spacial score (nSPS) is 18.5. The van der Waals surface area contributed by atoms with Crippen molar-refractivity contribution in [1.29, 1.82) is 0 Å². The Bertz CT molecular complexity index is 950. The average Bonchev–Trinajstić information content (AvgIpc) is 3.32. The Labute approximate surface area is 189 Å². The largest absolute Gasteiger partial charge is 0.351 e. The van der Waals surface area contributed by atoms with Crippen LogP contribution in [0.5, 0.6) is 0 Å². The number of hydrogen-bond donors (Lipinski definition) is 1. The Balaban J connectivity index is 1.39. The van der Waals surface area contributed by atoms with Gasteiger partial charge in [0, 0.05) is 38.3 Å². The van der Waals surface area contributed by atoms with Gasteiger partial charge in [-0.2, -0.15) is 0 Å². The van der Waals surface area contributed by atoms with Crippen molar-refractivity contribution in [1.82, 2.24) is 15.1 Å². The van der Waals surface area contributed by atoms with Gasteiger partial charge < -0.3 is 10.2 Å². The van der Waals surface area contributed by atoms with E-state index in [-0.39, 0.29) is 17.9 Å². The molecule has 1 aliphatic heterocycles. The molecule has 1 saturated carbocycles. The number of nitrogens with zero attached hydrogens (tertiary/aromatic N) is 2. The Morgan fingerprint density at radius 1 is 1.03 bits per heavy atom. The van der Waals surface area contributed by atoms with Crippen LogP contribution in [-0.4, -0.2) is 53.8 Å². The zero-order valence-electron chi connectivity index (χ0n) is 18.7. The summed E-state index contributed by atoms with van der Waals surface area (Å²) in [6.07, 6.45) is 4.49. The molecule has 2 fully saturated rings. The molecular weight excluding hydrogens is 405 g/mol. The fraction of sp³-hybridized carbons (Fsp3) is 0.462. The Kier molecular flexibility index (Phi) is 7.20. The molecule has 0 radical (unpaired) electrons. The first-order valence-electron chi connectivity index (χ1n) is 11.6. The molecule has 0 bridgehead atoms. The van der Waals surface area contributed by atoms with Crippen molar-refractivity contribution in [2.24, 2.45) is 5.92 Å². The summed E-state index contributed by atoms with van der Waals surface area (Å²) in [5.41, 5.74) is 2.67. The highest BCUT2D eigenvalue weighted by atomic mass is 19.1. The van der Waals surface area contributed by atoms with E-state index in [0.717, 1.165) is 18.4 Å². The van der Waals surface area contributed by atoms with Gasteiger partial charge in [-0.05, 0) is 49.4 Å². The van der Waals surface area contributed by atoms with Crippen LogP contribution in [-0.2, 0) is 11.3 Å². The fourth-order valence-electron chi connectivity index (χ4n) is 5.07. The number of halogens is 1. The second-order valence-corrected chi connectivity index (χ2v) is 9.03. The van der Waals surface area contributed by atoms with Gasteiger partial charge >= 0.3 is 0 Å². The molecule has 0 unspecified atom stereocenters. The second kappa shape index (κ2) is 10.3. The number of hydrogen-bond acceptors (Lipinski definition) is 3. The predicted octanol–water partition coefficient (Wildman–Crippen LogP) is 3.77. The highest BCUT2D eigenvalue weighted by Crippen LogP contribution is 2.31. The molecule has 2 aromatic carbocycles. The van der Waals surface area contributed by atoms with Crippen molar-refractivity contribution < 1.29 is 14.0 Å². The van der Waals surface area contributed by atoms with Crippen molar-refractivity contribution in [3.05, 3.63) is 71.0 Å². The van der Waals surface area contributed by atoms with Gasteiger partial charge in [-0.25, -0.2) is 4.39 Å². The third-order valence-electron chi connectivity index (χ3n) is 6.73. The van der Waals surface area contributed by atoms with E-state index in [4.69, 9.17) is 0 Å². The van der Waals surface area contributed by atoms with Gasteiger partial charge in [-0.1, -0.05) is 48.7 Å². The number of carbonyl (C=O) groups excluding carboxylic acids is 2. The van der Waals surface area contributed by atoms with Gasteiger partial charge in [-0.3, -0.25) is 14.5 Å². The summed E-state index contributed by atoms with van der Waals surface area (Å²) in [5.74, 6) is -0.104. The summed E-state index contributed by atoms with van der Waals surface area (Å²) in [4.78, 5) is 30.1. The number of nitrogens with one attached hydrogen (secondary N) is 1. The molecule has 2 amide bonds. The Hall–Kier alpha value is -2.73. The van der Waals surface area contributed by atoms with Crippen molar-refractivity contribution in [3.8, 4) is 0 Å². The van der Waals surface area contributed by atoms with Crippen molar-refractivity contribution in [2.45, 2.75) is 45.2 Å². The number of piperazine rings is 1. The van der Waals surface area contributed by atoms with E-state index in [1.807, 2.05) is 12.1 Å². The van der Waals surface area contributed by atoms with E-state index in [9.17, 15) is 14.0 Å². The monoisotopic (exact) mass is 437 g/mol. The smallest absolute Gasteiger partial charge is 0.254 e. The van der Waals surface area contributed by atoms with E-state index in [2.05, 4.69) is 29.3 Å². The molecule has 4 rings (SSSR count). The lowest BCUT2D eigenvalue weighted by molar-refractivity contribution is -0.129. The zero-order valence-corrected chi connectivity index (χ0v) is 18.7. The molecule has 6 heteroatoms. The van der Waals surface area contributed by atoms with Crippen LogP contribution in [0.1, 0.15) is 47.2 Å². The highest BCUT2D eigenvalue weighted by molar-refractivity contribution is 5.94. The zero-order chi connectivity index (χ0) is 22.5. The quantitative estimate of drug-likeness (QED) is 0.749. The summed E-state index contributed by atoms with van der Waals surface area (Å²) in [7, 11) is 0. The number of carbonyl (C=O) groups is 2. The minimum atomic E-state index is -0.402.